The Kier molecular flexibility index (Phi) is 4.96. The van der Waals surface area contributed by atoms with Gasteiger partial charge in [0.2, 0.25) is 0 Å². The van der Waals surface area contributed by atoms with E-state index in [0.717, 1.165) is 0 Å². The average Bonchev–Trinajstić information content (AvgIpc) is 2.34. The molecule has 1 atom stereocenters. The van der Waals surface area contributed by atoms with Gasteiger partial charge in [-0.15, -0.1) is 0 Å². The van der Waals surface area contributed by atoms with E-state index in [4.69, 9.17) is 9.84 Å². The van der Waals surface area contributed by atoms with Crippen molar-refractivity contribution >= 4 is 12.1 Å². The zero-order valence-corrected chi connectivity index (χ0v) is 9.96. The molecule has 1 unspecified atom stereocenters. The fraction of sp³-hybridized carbons (Fsp3) is 0.636. The second-order valence-electron chi connectivity index (χ2n) is 3.79. The van der Waals surface area contributed by atoms with E-state index in [1.807, 2.05) is 11.8 Å². The number of hydrogen-bond donors (Lipinski definition) is 1. The molecule has 17 heavy (non-hydrogen) atoms. The number of rotatable bonds is 4. The molecule has 1 heterocycles. The smallest absolute Gasteiger partial charge is 0.410 e. The highest BCUT2D eigenvalue weighted by molar-refractivity contribution is 5.76. The number of nitrogens with zero attached hydrogens (tertiary/aromatic N) is 2. The Labute approximate surface area is 100 Å². The molecular formula is C11H18N2O4. The zero-order chi connectivity index (χ0) is 12.8. The molecule has 0 bridgehead atoms. The van der Waals surface area contributed by atoms with Crippen LogP contribution in [-0.4, -0.2) is 65.8 Å². The second-order valence-corrected chi connectivity index (χ2v) is 3.79. The maximum atomic E-state index is 11.6. The van der Waals surface area contributed by atoms with Gasteiger partial charge in [0.25, 0.3) is 0 Å². The molecule has 1 aliphatic heterocycles. The van der Waals surface area contributed by atoms with E-state index < -0.39 is 18.1 Å². The molecule has 0 aromatic heterocycles. The summed E-state index contributed by atoms with van der Waals surface area (Å²) in [5, 5.41) is 9.08. The number of carboxylic acid groups (broad SMARTS) is 1. The quantitative estimate of drug-likeness (QED) is 0.723. The first-order chi connectivity index (χ1) is 8.10. The number of hydrogen-bond acceptors (Lipinski definition) is 4. The third-order valence-corrected chi connectivity index (χ3v) is 2.77. The lowest BCUT2D eigenvalue weighted by Gasteiger charge is -2.38. The summed E-state index contributed by atoms with van der Waals surface area (Å²) in [5.74, 6) is -0.909. The second kappa shape index (κ2) is 6.24. The summed E-state index contributed by atoms with van der Waals surface area (Å²) in [7, 11) is 0. The summed E-state index contributed by atoms with van der Waals surface area (Å²) in [4.78, 5) is 25.9. The predicted octanol–water partition coefficient (Wildman–Crippen LogP) is 0.400. The van der Waals surface area contributed by atoms with Crippen molar-refractivity contribution in [1.29, 1.82) is 0 Å². The summed E-state index contributed by atoms with van der Waals surface area (Å²) in [5.41, 5.74) is 0. The largest absolute Gasteiger partial charge is 0.480 e. The number of piperazine rings is 1. The molecule has 0 aromatic carbocycles. The number of ether oxygens (including phenoxy) is 1. The molecule has 6 heteroatoms. The van der Waals surface area contributed by atoms with Crippen LogP contribution in [0.5, 0.6) is 0 Å². The Bertz CT molecular complexity index is 306. The molecule has 96 valence electrons. The van der Waals surface area contributed by atoms with E-state index in [9.17, 15) is 9.59 Å². The highest BCUT2D eigenvalue weighted by Gasteiger charge is 2.33. The van der Waals surface area contributed by atoms with Gasteiger partial charge in [-0.3, -0.25) is 9.69 Å². The van der Waals surface area contributed by atoms with Crippen molar-refractivity contribution in [1.82, 2.24) is 9.80 Å². The number of likely N-dealkylation sites (N-methyl/N-ethyl adjacent to an activating group) is 1. The van der Waals surface area contributed by atoms with Crippen molar-refractivity contribution in [2.24, 2.45) is 0 Å². The van der Waals surface area contributed by atoms with Gasteiger partial charge in [0.1, 0.15) is 12.6 Å². The Morgan fingerprint density at radius 1 is 1.53 bits per heavy atom. The van der Waals surface area contributed by atoms with Crippen LogP contribution in [-0.2, 0) is 9.53 Å². The third-order valence-electron chi connectivity index (χ3n) is 2.77. The van der Waals surface area contributed by atoms with Crippen molar-refractivity contribution in [2.75, 3.05) is 32.8 Å². The van der Waals surface area contributed by atoms with E-state index >= 15 is 0 Å². The van der Waals surface area contributed by atoms with Crippen LogP contribution in [0.2, 0.25) is 0 Å². The van der Waals surface area contributed by atoms with Crippen molar-refractivity contribution in [3.05, 3.63) is 12.7 Å². The fourth-order valence-corrected chi connectivity index (χ4v) is 1.82. The lowest BCUT2D eigenvalue weighted by molar-refractivity contribution is -0.145. The Hall–Kier alpha value is -1.56. The minimum absolute atomic E-state index is 0.143. The van der Waals surface area contributed by atoms with Gasteiger partial charge in [0, 0.05) is 13.1 Å². The van der Waals surface area contributed by atoms with Crippen LogP contribution in [0.15, 0.2) is 12.7 Å². The van der Waals surface area contributed by atoms with Crippen molar-refractivity contribution in [3.8, 4) is 0 Å². The first-order valence-corrected chi connectivity index (χ1v) is 5.59. The lowest BCUT2D eigenvalue weighted by Crippen LogP contribution is -2.57. The standard InChI is InChI=1S/C11H18N2O4/c1-3-7-17-11(16)13-6-5-12(4-2)9(8-13)10(14)15/h3,9H,1,4-8H2,2H3,(H,14,15). The predicted molar refractivity (Wildman–Crippen MR) is 61.8 cm³/mol. The molecule has 1 N–H and O–H groups in total. The minimum Gasteiger partial charge on any atom is -0.480 e. The minimum atomic E-state index is -0.909. The van der Waals surface area contributed by atoms with Crippen LogP contribution < -0.4 is 0 Å². The van der Waals surface area contributed by atoms with Crippen LogP contribution in [0, 0.1) is 0 Å². The van der Waals surface area contributed by atoms with Gasteiger partial charge in [-0.05, 0) is 6.54 Å². The van der Waals surface area contributed by atoms with Crippen molar-refractivity contribution in [3.63, 3.8) is 0 Å². The van der Waals surface area contributed by atoms with E-state index in [1.54, 1.807) is 0 Å². The Morgan fingerprint density at radius 2 is 2.24 bits per heavy atom. The molecule has 0 aromatic rings. The van der Waals surface area contributed by atoms with Gasteiger partial charge in [-0.2, -0.15) is 0 Å². The molecule has 1 amide bonds. The number of amides is 1. The van der Waals surface area contributed by atoms with E-state index in [-0.39, 0.29) is 13.2 Å². The van der Waals surface area contributed by atoms with E-state index in [0.29, 0.717) is 19.6 Å². The molecule has 1 fully saturated rings. The number of carboxylic acids is 1. The Morgan fingerprint density at radius 3 is 2.76 bits per heavy atom. The summed E-state index contributed by atoms with van der Waals surface area (Å²) in [6.45, 7) is 7.37. The van der Waals surface area contributed by atoms with Crippen LogP contribution in [0.25, 0.3) is 0 Å². The van der Waals surface area contributed by atoms with Crippen LogP contribution in [0.3, 0.4) is 0 Å². The molecule has 6 nitrogen and oxygen atoms in total. The van der Waals surface area contributed by atoms with Gasteiger partial charge in [0.15, 0.2) is 0 Å². The van der Waals surface area contributed by atoms with Crippen LogP contribution in [0.4, 0.5) is 4.79 Å². The molecule has 0 spiro atoms. The van der Waals surface area contributed by atoms with Gasteiger partial charge < -0.3 is 14.7 Å². The molecule has 1 saturated heterocycles. The van der Waals surface area contributed by atoms with Gasteiger partial charge in [0.05, 0.1) is 6.54 Å². The molecule has 0 radical (unpaired) electrons. The molecule has 1 aliphatic rings. The molecule has 0 saturated carbocycles. The zero-order valence-electron chi connectivity index (χ0n) is 9.96. The van der Waals surface area contributed by atoms with E-state index in [1.165, 1.54) is 11.0 Å². The van der Waals surface area contributed by atoms with Crippen LogP contribution >= 0.6 is 0 Å². The SMILES string of the molecule is C=CCOC(=O)N1CCN(CC)C(C(=O)O)C1. The topological polar surface area (TPSA) is 70.1 Å². The van der Waals surface area contributed by atoms with E-state index in [2.05, 4.69) is 6.58 Å². The first kappa shape index (κ1) is 13.5. The number of carbonyl (C=O) groups is 2. The maximum absolute atomic E-state index is 11.6. The van der Waals surface area contributed by atoms with Crippen LogP contribution in [0.1, 0.15) is 6.92 Å². The average molecular weight is 242 g/mol. The number of aliphatic carboxylic acids is 1. The summed E-state index contributed by atoms with van der Waals surface area (Å²) >= 11 is 0. The monoisotopic (exact) mass is 242 g/mol. The van der Waals surface area contributed by atoms with Gasteiger partial charge >= 0.3 is 12.1 Å². The molecule has 0 aliphatic carbocycles. The normalized spacial score (nSPS) is 21.0. The summed E-state index contributed by atoms with van der Waals surface area (Å²) < 4.78 is 4.89. The van der Waals surface area contributed by atoms with Gasteiger partial charge in [-0.25, -0.2) is 4.79 Å². The Balaban J connectivity index is 2.58. The van der Waals surface area contributed by atoms with Gasteiger partial charge in [-0.1, -0.05) is 19.6 Å². The third kappa shape index (κ3) is 3.45. The van der Waals surface area contributed by atoms with Crippen molar-refractivity contribution < 1.29 is 19.4 Å². The fourth-order valence-electron chi connectivity index (χ4n) is 1.82. The first-order valence-electron chi connectivity index (χ1n) is 5.59. The summed E-state index contributed by atoms with van der Waals surface area (Å²) in [6, 6.07) is -0.648. The highest BCUT2D eigenvalue weighted by Crippen LogP contribution is 2.11. The summed E-state index contributed by atoms with van der Waals surface area (Å²) in [6.07, 6.45) is 1.00. The molecule has 1 rings (SSSR count). The molecular weight excluding hydrogens is 224 g/mol. The lowest BCUT2D eigenvalue weighted by atomic mass is 10.2. The van der Waals surface area contributed by atoms with Crippen molar-refractivity contribution in [2.45, 2.75) is 13.0 Å². The maximum Gasteiger partial charge on any atom is 0.410 e. The number of carbonyl (C=O) groups excluding carboxylic acids is 1. The highest BCUT2D eigenvalue weighted by atomic mass is 16.6.